The molecule has 34 heavy (non-hydrogen) atoms. The average Bonchev–Trinajstić information content (AvgIpc) is 3.47. The highest BCUT2D eigenvalue weighted by molar-refractivity contribution is 7.15. The molecule has 1 N–H and O–H groups in total. The van der Waals surface area contributed by atoms with Crippen LogP contribution in [0.5, 0.6) is 0 Å². The number of aromatic nitrogens is 3. The molecule has 0 aliphatic heterocycles. The molecule has 0 unspecified atom stereocenters. The zero-order chi connectivity index (χ0) is 23.2. The number of carbonyl (C=O) groups is 1. The molecule has 0 saturated carbocycles. The van der Waals surface area contributed by atoms with Crippen molar-refractivity contribution in [1.82, 2.24) is 14.0 Å². The van der Waals surface area contributed by atoms with Gasteiger partial charge in [-0.25, -0.2) is 9.38 Å². The molecule has 3 heterocycles. The first-order valence-electron chi connectivity index (χ1n) is 10.9. The molecule has 0 aliphatic carbocycles. The first kappa shape index (κ1) is 20.4. The Morgan fingerprint density at radius 2 is 1.74 bits per heavy atom. The van der Waals surface area contributed by atoms with Crippen molar-refractivity contribution >= 4 is 55.9 Å². The van der Waals surface area contributed by atoms with Crippen LogP contribution >= 0.6 is 11.3 Å². The molecule has 0 radical (unpaired) electrons. The summed E-state index contributed by atoms with van der Waals surface area (Å²) in [5.41, 5.74) is 5.28. The Kier molecular flexibility index (Phi) is 4.78. The van der Waals surface area contributed by atoms with Crippen LogP contribution in [0.2, 0.25) is 0 Å². The SMILES string of the molecule is Cc1ccc(NC(=O)Cn2cc(/C=c3\sc4nc5ccccc5n4c3=O)c3ccccc32)cc1. The second-order valence-electron chi connectivity index (χ2n) is 8.28. The molecule has 0 bridgehead atoms. The van der Waals surface area contributed by atoms with Crippen LogP contribution in [0.3, 0.4) is 0 Å². The van der Waals surface area contributed by atoms with Crippen molar-refractivity contribution in [3.05, 3.63) is 105 Å². The molecular weight excluding hydrogens is 444 g/mol. The summed E-state index contributed by atoms with van der Waals surface area (Å²) in [6.45, 7) is 2.18. The number of fused-ring (bicyclic) bond motifs is 4. The van der Waals surface area contributed by atoms with Gasteiger partial charge in [0, 0.05) is 28.4 Å². The number of thiazole rings is 1. The first-order valence-corrected chi connectivity index (χ1v) is 11.7. The van der Waals surface area contributed by atoms with Crippen molar-refractivity contribution in [2.24, 2.45) is 0 Å². The Hall–Kier alpha value is -4.23. The van der Waals surface area contributed by atoms with E-state index in [4.69, 9.17) is 0 Å². The number of hydrogen-bond donors (Lipinski definition) is 1. The van der Waals surface area contributed by atoms with E-state index in [-0.39, 0.29) is 18.0 Å². The molecule has 166 valence electrons. The number of benzene rings is 3. The Bertz CT molecular complexity index is 1810. The van der Waals surface area contributed by atoms with Crippen molar-refractivity contribution in [1.29, 1.82) is 0 Å². The molecule has 0 saturated heterocycles. The highest BCUT2D eigenvalue weighted by atomic mass is 32.1. The Labute approximate surface area is 198 Å². The van der Waals surface area contributed by atoms with Gasteiger partial charge in [-0.2, -0.15) is 0 Å². The van der Waals surface area contributed by atoms with Gasteiger partial charge in [0.25, 0.3) is 5.56 Å². The topological polar surface area (TPSA) is 68.4 Å². The summed E-state index contributed by atoms with van der Waals surface area (Å²) < 4.78 is 4.20. The number of hydrogen-bond acceptors (Lipinski definition) is 4. The van der Waals surface area contributed by atoms with E-state index in [0.29, 0.717) is 9.49 Å². The molecule has 6 aromatic rings. The average molecular weight is 465 g/mol. The first-order chi connectivity index (χ1) is 16.6. The Morgan fingerprint density at radius 3 is 2.56 bits per heavy atom. The van der Waals surface area contributed by atoms with Crippen LogP contribution in [0.1, 0.15) is 11.1 Å². The lowest BCUT2D eigenvalue weighted by atomic mass is 10.2. The van der Waals surface area contributed by atoms with E-state index in [1.165, 1.54) is 11.3 Å². The fourth-order valence-electron chi connectivity index (χ4n) is 4.27. The van der Waals surface area contributed by atoms with Gasteiger partial charge in [0.1, 0.15) is 6.54 Å². The normalized spacial score (nSPS) is 12.2. The number of anilines is 1. The molecular formula is C27H20N4O2S. The summed E-state index contributed by atoms with van der Waals surface area (Å²) in [6, 6.07) is 23.3. The summed E-state index contributed by atoms with van der Waals surface area (Å²) in [5.74, 6) is -0.110. The molecule has 0 aliphatic rings. The van der Waals surface area contributed by atoms with Crippen molar-refractivity contribution in [2.45, 2.75) is 13.5 Å². The number of rotatable bonds is 4. The summed E-state index contributed by atoms with van der Waals surface area (Å²) in [6.07, 6.45) is 3.83. The maximum atomic E-state index is 13.2. The minimum absolute atomic E-state index is 0.0809. The predicted octanol–water partition coefficient (Wildman–Crippen LogP) is 4.36. The van der Waals surface area contributed by atoms with Gasteiger partial charge in [-0.3, -0.25) is 9.59 Å². The second-order valence-corrected chi connectivity index (χ2v) is 9.29. The van der Waals surface area contributed by atoms with Crippen LogP contribution in [0, 0.1) is 6.92 Å². The molecule has 0 spiro atoms. The minimum Gasteiger partial charge on any atom is -0.337 e. The summed E-state index contributed by atoms with van der Waals surface area (Å²) in [5, 5.41) is 3.94. The number of para-hydroxylation sites is 3. The zero-order valence-electron chi connectivity index (χ0n) is 18.4. The van der Waals surface area contributed by atoms with Gasteiger partial charge in [-0.05, 0) is 43.3 Å². The van der Waals surface area contributed by atoms with Gasteiger partial charge in [-0.1, -0.05) is 59.4 Å². The zero-order valence-corrected chi connectivity index (χ0v) is 19.2. The second kappa shape index (κ2) is 7.97. The van der Waals surface area contributed by atoms with Gasteiger partial charge in [0.15, 0.2) is 4.96 Å². The lowest BCUT2D eigenvalue weighted by molar-refractivity contribution is -0.116. The van der Waals surface area contributed by atoms with Crippen molar-refractivity contribution < 1.29 is 4.79 Å². The third kappa shape index (κ3) is 3.47. The standard InChI is InChI=1S/C27H20N4O2S/c1-17-10-12-19(13-11-17)28-25(32)16-30-15-18(20-6-2-4-8-22(20)30)14-24-26(33)31-23-9-5-3-7-21(23)29-27(31)34-24/h2-15H,16H2,1H3,(H,28,32)/b24-14-. The maximum Gasteiger partial charge on any atom is 0.274 e. The van der Waals surface area contributed by atoms with Crippen molar-refractivity contribution in [3.8, 4) is 0 Å². The number of nitrogens with zero attached hydrogens (tertiary/aromatic N) is 3. The predicted molar refractivity (Wildman–Crippen MR) is 137 cm³/mol. The fraction of sp³-hybridized carbons (Fsp3) is 0.0741. The maximum absolute atomic E-state index is 13.2. The van der Waals surface area contributed by atoms with Gasteiger partial charge in [0.05, 0.1) is 15.6 Å². The summed E-state index contributed by atoms with van der Waals surface area (Å²) in [4.78, 5) is 31.2. The van der Waals surface area contributed by atoms with Crippen molar-refractivity contribution in [3.63, 3.8) is 0 Å². The van der Waals surface area contributed by atoms with E-state index in [9.17, 15) is 9.59 Å². The highest BCUT2D eigenvalue weighted by Gasteiger charge is 2.13. The van der Waals surface area contributed by atoms with Gasteiger partial charge < -0.3 is 9.88 Å². The molecule has 3 aromatic carbocycles. The number of imidazole rings is 1. The summed E-state index contributed by atoms with van der Waals surface area (Å²) in [7, 11) is 0. The molecule has 3 aromatic heterocycles. The molecule has 6 nitrogen and oxygen atoms in total. The molecule has 0 atom stereocenters. The molecule has 7 heteroatoms. The third-order valence-electron chi connectivity index (χ3n) is 5.90. The van der Waals surface area contributed by atoms with Gasteiger partial charge in [0.2, 0.25) is 5.91 Å². The molecule has 6 rings (SSSR count). The number of nitrogens with one attached hydrogen (secondary N) is 1. The van der Waals surface area contributed by atoms with E-state index in [0.717, 1.165) is 38.8 Å². The van der Waals surface area contributed by atoms with Crippen LogP contribution < -0.4 is 15.4 Å². The molecule has 0 fully saturated rings. The quantitative estimate of drug-likeness (QED) is 0.422. The minimum atomic E-state index is -0.110. The van der Waals surface area contributed by atoms with Crippen LogP contribution in [0.25, 0.3) is 33.0 Å². The third-order valence-corrected chi connectivity index (χ3v) is 6.87. The Morgan fingerprint density at radius 1 is 1.00 bits per heavy atom. The van der Waals surface area contributed by atoms with E-state index in [1.54, 1.807) is 4.40 Å². The number of amides is 1. The van der Waals surface area contributed by atoms with E-state index < -0.39 is 0 Å². The van der Waals surface area contributed by atoms with Crippen LogP contribution in [0.4, 0.5) is 5.69 Å². The number of aryl methyl sites for hydroxylation is 1. The largest absolute Gasteiger partial charge is 0.337 e. The van der Waals surface area contributed by atoms with Crippen LogP contribution in [0.15, 0.2) is 83.8 Å². The molecule has 1 amide bonds. The van der Waals surface area contributed by atoms with Crippen LogP contribution in [-0.4, -0.2) is 19.9 Å². The fourth-order valence-corrected chi connectivity index (χ4v) is 5.24. The van der Waals surface area contributed by atoms with Crippen LogP contribution in [-0.2, 0) is 11.3 Å². The van der Waals surface area contributed by atoms with E-state index in [1.807, 2.05) is 96.6 Å². The monoisotopic (exact) mass is 464 g/mol. The lowest BCUT2D eigenvalue weighted by Crippen LogP contribution is -2.22. The smallest absolute Gasteiger partial charge is 0.274 e. The summed E-state index contributed by atoms with van der Waals surface area (Å²) >= 11 is 1.37. The number of carbonyl (C=O) groups excluding carboxylic acids is 1. The highest BCUT2D eigenvalue weighted by Crippen LogP contribution is 2.23. The Balaban J connectivity index is 1.40. The van der Waals surface area contributed by atoms with Crippen molar-refractivity contribution in [2.75, 3.05) is 5.32 Å². The van der Waals surface area contributed by atoms with Gasteiger partial charge in [-0.15, -0.1) is 0 Å². The van der Waals surface area contributed by atoms with Gasteiger partial charge >= 0.3 is 0 Å². The lowest BCUT2D eigenvalue weighted by Gasteiger charge is -2.07. The van der Waals surface area contributed by atoms with E-state index in [2.05, 4.69) is 10.3 Å². The van der Waals surface area contributed by atoms with E-state index >= 15 is 0 Å².